The Balaban J connectivity index is 2.01. The van der Waals surface area contributed by atoms with Crippen LogP contribution in [0.1, 0.15) is 19.4 Å². The first-order valence-corrected chi connectivity index (χ1v) is 7.79. The average molecular weight is 358 g/mol. The Morgan fingerprint density at radius 3 is 2.58 bits per heavy atom. The molecule has 8 heteroatoms. The molecule has 0 bridgehead atoms. The molecule has 26 heavy (non-hydrogen) atoms. The number of rotatable bonds is 7. The number of benzene rings is 2. The predicted molar refractivity (Wildman–Crippen MR) is 95.2 cm³/mol. The summed E-state index contributed by atoms with van der Waals surface area (Å²) in [7, 11) is 0. The lowest BCUT2D eigenvalue weighted by atomic mass is 10.2. The molecule has 0 heterocycles. The van der Waals surface area contributed by atoms with Gasteiger partial charge in [0, 0.05) is 18.3 Å². The molecule has 8 nitrogen and oxygen atoms in total. The van der Waals surface area contributed by atoms with Crippen molar-refractivity contribution in [1.82, 2.24) is 0 Å². The van der Waals surface area contributed by atoms with Crippen LogP contribution in [-0.4, -0.2) is 34.9 Å². The van der Waals surface area contributed by atoms with Gasteiger partial charge in [-0.2, -0.15) is 0 Å². The normalized spacial score (nSPS) is 10.9. The number of phenolic OH excluding ortho intramolecular Hbond substituents is 1. The summed E-state index contributed by atoms with van der Waals surface area (Å²) >= 11 is 0. The van der Waals surface area contributed by atoms with Gasteiger partial charge in [0.25, 0.3) is 5.69 Å². The first kappa shape index (κ1) is 18.9. The lowest BCUT2D eigenvalue weighted by Gasteiger charge is -2.09. The molecular formula is C18H18N2O6. The maximum atomic E-state index is 11.4. The minimum atomic E-state index is -0.561. The molecule has 0 saturated heterocycles. The van der Waals surface area contributed by atoms with E-state index in [-0.39, 0.29) is 29.8 Å². The number of aliphatic imine (C=N–C) groups is 1. The third kappa shape index (κ3) is 5.59. The molecule has 0 atom stereocenters. The van der Waals surface area contributed by atoms with E-state index in [1.807, 2.05) is 0 Å². The Morgan fingerprint density at radius 1 is 1.27 bits per heavy atom. The molecule has 0 fully saturated rings. The molecule has 0 aliphatic heterocycles. The molecule has 1 N–H and O–H groups in total. The van der Waals surface area contributed by atoms with Gasteiger partial charge in [0.15, 0.2) is 6.61 Å². The first-order chi connectivity index (χ1) is 12.3. The smallest absolute Gasteiger partial charge is 0.344 e. The van der Waals surface area contributed by atoms with Crippen molar-refractivity contribution < 1.29 is 24.3 Å². The molecule has 0 aromatic heterocycles. The van der Waals surface area contributed by atoms with Crippen molar-refractivity contribution in [2.75, 3.05) is 6.61 Å². The van der Waals surface area contributed by atoms with Crippen molar-refractivity contribution in [2.24, 2.45) is 4.99 Å². The summed E-state index contributed by atoms with van der Waals surface area (Å²) in [5, 5.41) is 20.5. The van der Waals surface area contributed by atoms with Crippen LogP contribution in [0.25, 0.3) is 0 Å². The SMILES string of the molecule is CC(C)OC(=O)COc1ccc(C=Nc2cc([N+](=O)[O-])ccc2O)cc1. The first-order valence-electron chi connectivity index (χ1n) is 7.79. The van der Waals surface area contributed by atoms with Crippen LogP contribution >= 0.6 is 0 Å². The van der Waals surface area contributed by atoms with Gasteiger partial charge in [0.2, 0.25) is 0 Å². The molecule has 0 aliphatic rings. The van der Waals surface area contributed by atoms with E-state index in [9.17, 15) is 20.0 Å². The van der Waals surface area contributed by atoms with Crippen molar-refractivity contribution in [3.8, 4) is 11.5 Å². The van der Waals surface area contributed by atoms with Crippen molar-refractivity contribution in [1.29, 1.82) is 0 Å². The maximum absolute atomic E-state index is 11.4. The highest BCUT2D eigenvalue weighted by molar-refractivity contribution is 5.83. The van der Waals surface area contributed by atoms with Crippen LogP contribution in [0.5, 0.6) is 11.5 Å². The molecular weight excluding hydrogens is 340 g/mol. The van der Waals surface area contributed by atoms with Crippen molar-refractivity contribution >= 4 is 23.6 Å². The second kappa shape index (κ2) is 8.61. The van der Waals surface area contributed by atoms with Gasteiger partial charge in [-0.05, 0) is 49.7 Å². The number of nitro groups is 1. The molecule has 2 aromatic carbocycles. The van der Waals surface area contributed by atoms with E-state index in [0.717, 1.165) is 0 Å². The fraction of sp³-hybridized carbons (Fsp3) is 0.222. The number of hydrogen-bond acceptors (Lipinski definition) is 7. The van der Waals surface area contributed by atoms with E-state index in [4.69, 9.17) is 9.47 Å². The zero-order chi connectivity index (χ0) is 19.1. The Labute approximate surface area is 149 Å². The number of carbonyl (C=O) groups is 1. The number of nitrogens with zero attached hydrogens (tertiary/aromatic N) is 2. The lowest BCUT2D eigenvalue weighted by molar-refractivity contribution is -0.384. The topological polar surface area (TPSA) is 111 Å². The van der Waals surface area contributed by atoms with Gasteiger partial charge in [0.05, 0.1) is 11.0 Å². The van der Waals surface area contributed by atoms with E-state index < -0.39 is 10.9 Å². The summed E-state index contributed by atoms with van der Waals surface area (Å²) < 4.78 is 10.3. The standard InChI is InChI=1S/C18H18N2O6/c1-12(2)26-18(22)11-25-15-6-3-13(4-7-15)10-19-16-9-14(20(23)24)5-8-17(16)21/h3-10,12,21H,11H2,1-2H3. The second-order valence-corrected chi connectivity index (χ2v) is 5.58. The van der Waals surface area contributed by atoms with E-state index in [1.165, 1.54) is 24.4 Å². The Hall–Kier alpha value is -3.42. The number of ether oxygens (including phenoxy) is 2. The summed E-state index contributed by atoms with van der Waals surface area (Å²) in [4.78, 5) is 25.7. The molecule has 2 aromatic rings. The Bertz CT molecular complexity index is 815. The van der Waals surface area contributed by atoms with E-state index in [1.54, 1.807) is 38.1 Å². The number of esters is 1. The quantitative estimate of drug-likeness (QED) is 0.351. The van der Waals surface area contributed by atoms with Crippen molar-refractivity contribution in [3.63, 3.8) is 0 Å². The highest BCUT2D eigenvalue weighted by Gasteiger charge is 2.09. The zero-order valence-corrected chi connectivity index (χ0v) is 14.3. The highest BCUT2D eigenvalue weighted by Crippen LogP contribution is 2.30. The van der Waals surface area contributed by atoms with E-state index >= 15 is 0 Å². The Kier molecular flexibility index (Phi) is 6.26. The molecule has 2 rings (SSSR count). The van der Waals surface area contributed by atoms with Gasteiger partial charge >= 0.3 is 5.97 Å². The fourth-order valence-corrected chi connectivity index (χ4v) is 1.96. The van der Waals surface area contributed by atoms with Crippen LogP contribution in [-0.2, 0) is 9.53 Å². The van der Waals surface area contributed by atoms with E-state index in [2.05, 4.69) is 4.99 Å². The largest absolute Gasteiger partial charge is 0.506 e. The number of carbonyl (C=O) groups excluding carboxylic acids is 1. The average Bonchev–Trinajstić information content (AvgIpc) is 2.59. The third-order valence-electron chi connectivity index (χ3n) is 3.13. The van der Waals surface area contributed by atoms with Crippen LogP contribution in [0.15, 0.2) is 47.5 Å². The molecule has 136 valence electrons. The number of hydrogen-bond donors (Lipinski definition) is 1. The van der Waals surface area contributed by atoms with Crippen LogP contribution in [0, 0.1) is 10.1 Å². The number of phenols is 1. The van der Waals surface area contributed by atoms with Gasteiger partial charge in [-0.25, -0.2) is 4.79 Å². The second-order valence-electron chi connectivity index (χ2n) is 5.58. The molecule has 0 radical (unpaired) electrons. The molecule has 0 aliphatic carbocycles. The van der Waals surface area contributed by atoms with Gasteiger partial charge in [0.1, 0.15) is 17.2 Å². The fourth-order valence-electron chi connectivity index (χ4n) is 1.96. The molecule has 0 spiro atoms. The van der Waals surface area contributed by atoms with E-state index in [0.29, 0.717) is 11.3 Å². The summed E-state index contributed by atoms with van der Waals surface area (Å²) in [5.41, 5.74) is 0.621. The molecule has 0 saturated carbocycles. The third-order valence-corrected chi connectivity index (χ3v) is 3.13. The van der Waals surface area contributed by atoms with Gasteiger partial charge in [-0.1, -0.05) is 0 Å². The number of aromatic hydroxyl groups is 1. The van der Waals surface area contributed by atoms with Crippen LogP contribution < -0.4 is 4.74 Å². The number of nitro benzene ring substituents is 1. The predicted octanol–water partition coefficient (Wildman–Crippen LogP) is 3.38. The zero-order valence-electron chi connectivity index (χ0n) is 14.3. The van der Waals surface area contributed by atoms with Gasteiger partial charge in [-0.15, -0.1) is 0 Å². The summed E-state index contributed by atoms with van der Waals surface area (Å²) in [5.74, 6) is -0.122. The monoisotopic (exact) mass is 358 g/mol. The van der Waals surface area contributed by atoms with Gasteiger partial charge < -0.3 is 14.6 Å². The minimum absolute atomic E-state index is 0.0935. The van der Waals surface area contributed by atoms with Crippen LogP contribution in [0.3, 0.4) is 0 Å². The van der Waals surface area contributed by atoms with Crippen LogP contribution in [0.4, 0.5) is 11.4 Å². The highest BCUT2D eigenvalue weighted by atomic mass is 16.6. The minimum Gasteiger partial charge on any atom is -0.506 e. The lowest BCUT2D eigenvalue weighted by Crippen LogP contribution is -2.18. The summed E-state index contributed by atoms with van der Waals surface area (Å²) in [6, 6.07) is 10.3. The van der Waals surface area contributed by atoms with Crippen molar-refractivity contribution in [3.05, 3.63) is 58.1 Å². The molecule has 0 unspecified atom stereocenters. The van der Waals surface area contributed by atoms with Gasteiger partial charge in [-0.3, -0.25) is 15.1 Å². The summed E-state index contributed by atoms with van der Waals surface area (Å²) in [6.45, 7) is 3.32. The Morgan fingerprint density at radius 2 is 1.96 bits per heavy atom. The number of non-ortho nitro benzene ring substituents is 1. The van der Waals surface area contributed by atoms with Crippen molar-refractivity contribution in [2.45, 2.75) is 20.0 Å². The maximum Gasteiger partial charge on any atom is 0.344 e. The van der Waals surface area contributed by atoms with Crippen LogP contribution in [0.2, 0.25) is 0 Å². The summed E-state index contributed by atoms with van der Waals surface area (Å²) in [6.07, 6.45) is 1.25. The molecule has 0 amide bonds.